The van der Waals surface area contributed by atoms with Gasteiger partial charge >= 0.3 is 0 Å². The largest absolute Gasteiger partial charge is 0.300 e. The van der Waals surface area contributed by atoms with Crippen LogP contribution in [-0.4, -0.2) is 50.3 Å². The topological polar surface area (TPSA) is 40.6 Å². The minimum atomic E-state index is -3.36. The molecule has 25 heavy (non-hydrogen) atoms. The fourth-order valence-electron chi connectivity index (χ4n) is 3.05. The summed E-state index contributed by atoms with van der Waals surface area (Å²) in [6.07, 6.45) is 0.975. The third-order valence-electron chi connectivity index (χ3n) is 4.55. The molecule has 1 aliphatic rings. The van der Waals surface area contributed by atoms with E-state index in [0.717, 1.165) is 26.1 Å². The lowest BCUT2D eigenvalue weighted by molar-refractivity contribution is 0.190. The molecule has 6 heteroatoms. The number of piperazine rings is 1. The lowest BCUT2D eigenvalue weighted by Crippen LogP contribution is -2.49. The second-order valence-electron chi connectivity index (χ2n) is 6.36. The highest BCUT2D eigenvalue weighted by Crippen LogP contribution is 2.14. The molecule has 4 nitrogen and oxygen atoms in total. The van der Waals surface area contributed by atoms with Crippen LogP contribution in [0.5, 0.6) is 0 Å². The summed E-state index contributed by atoms with van der Waals surface area (Å²) in [5.74, 6) is -0.426. The predicted molar refractivity (Wildman–Crippen MR) is 97.2 cm³/mol. The molecule has 2 aromatic carbocycles. The zero-order valence-electron chi connectivity index (χ0n) is 14.1. The molecule has 134 valence electrons. The van der Waals surface area contributed by atoms with Gasteiger partial charge in [0.05, 0.1) is 5.75 Å². The van der Waals surface area contributed by atoms with Crippen LogP contribution in [-0.2, 0) is 22.2 Å². The van der Waals surface area contributed by atoms with E-state index in [1.54, 1.807) is 4.31 Å². The van der Waals surface area contributed by atoms with E-state index in [9.17, 15) is 12.8 Å². The molecule has 1 fully saturated rings. The average molecular weight is 362 g/mol. The lowest BCUT2D eigenvalue weighted by atomic mass is 10.1. The fourth-order valence-corrected chi connectivity index (χ4v) is 4.56. The standard InChI is InChI=1S/C19H23FN2O2S/c20-19-8-6-18(7-9-19)16-25(23,24)22-14-12-21(13-15-22)11-10-17-4-2-1-3-5-17/h1-9H,10-16H2. The number of hydrogen-bond acceptors (Lipinski definition) is 3. The number of rotatable bonds is 6. The third kappa shape index (κ3) is 5.11. The van der Waals surface area contributed by atoms with Crippen LogP contribution in [0.3, 0.4) is 0 Å². The Morgan fingerprint density at radius 1 is 0.840 bits per heavy atom. The molecule has 0 amide bonds. The van der Waals surface area contributed by atoms with E-state index < -0.39 is 10.0 Å². The maximum absolute atomic E-state index is 12.9. The van der Waals surface area contributed by atoms with E-state index in [1.807, 2.05) is 18.2 Å². The van der Waals surface area contributed by atoms with Crippen molar-refractivity contribution in [2.45, 2.75) is 12.2 Å². The highest BCUT2D eigenvalue weighted by molar-refractivity contribution is 7.88. The number of benzene rings is 2. The van der Waals surface area contributed by atoms with Gasteiger partial charge in [0.2, 0.25) is 10.0 Å². The molecule has 0 saturated carbocycles. The Bertz CT molecular complexity index is 771. The molecule has 0 atom stereocenters. The second-order valence-corrected chi connectivity index (χ2v) is 8.33. The van der Waals surface area contributed by atoms with Gasteiger partial charge < -0.3 is 4.90 Å². The molecule has 0 N–H and O–H groups in total. The van der Waals surface area contributed by atoms with Gasteiger partial charge in [-0.3, -0.25) is 0 Å². The van der Waals surface area contributed by atoms with Crippen molar-refractivity contribution in [2.24, 2.45) is 0 Å². The summed E-state index contributed by atoms with van der Waals surface area (Å²) in [6.45, 7) is 3.46. The highest BCUT2D eigenvalue weighted by Gasteiger charge is 2.26. The Morgan fingerprint density at radius 3 is 2.12 bits per heavy atom. The van der Waals surface area contributed by atoms with Crippen molar-refractivity contribution in [2.75, 3.05) is 32.7 Å². The monoisotopic (exact) mass is 362 g/mol. The van der Waals surface area contributed by atoms with Crippen molar-refractivity contribution >= 4 is 10.0 Å². The Labute approximate surface area is 148 Å². The molecule has 1 saturated heterocycles. The number of halogens is 1. The smallest absolute Gasteiger partial charge is 0.218 e. The number of sulfonamides is 1. The summed E-state index contributed by atoms with van der Waals surface area (Å²) in [6, 6.07) is 16.0. The van der Waals surface area contributed by atoms with Gasteiger partial charge in [-0.1, -0.05) is 42.5 Å². The van der Waals surface area contributed by atoms with Crippen LogP contribution in [0.4, 0.5) is 4.39 Å². The molecule has 0 aromatic heterocycles. The minimum Gasteiger partial charge on any atom is -0.300 e. The van der Waals surface area contributed by atoms with Crippen LogP contribution < -0.4 is 0 Å². The van der Waals surface area contributed by atoms with E-state index in [1.165, 1.54) is 29.8 Å². The van der Waals surface area contributed by atoms with E-state index in [-0.39, 0.29) is 11.6 Å². The zero-order valence-corrected chi connectivity index (χ0v) is 15.0. The minimum absolute atomic E-state index is 0.0721. The van der Waals surface area contributed by atoms with Crippen molar-refractivity contribution in [1.82, 2.24) is 9.21 Å². The molecule has 0 bridgehead atoms. The summed E-state index contributed by atoms with van der Waals surface area (Å²) in [5, 5.41) is 0. The van der Waals surface area contributed by atoms with E-state index in [2.05, 4.69) is 17.0 Å². The van der Waals surface area contributed by atoms with Gasteiger partial charge in [0, 0.05) is 32.7 Å². The second kappa shape index (κ2) is 8.08. The van der Waals surface area contributed by atoms with Crippen LogP contribution in [0.15, 0.2) is 54.6 Å². The first kappa shape index (κ1) is 18.0. The first-order valence-electron chi connectivity index (χ1n) is 8.51. The van der Waals surface area contributed by atoms with E-state index >= 15 is 0 Å². The maximum Gasteiger partial charge on any atom is 0.218 e. The predicted octanol–water partition coefficient (Wildman–Crippen LogP) is 2.52. The van der Waals surface area contributed by atoms with Crippen molar-refractivity contribution in [3.8, 4) is 0 Å². The molecular formula is C19H23FN2O2S. The van der Waals surface area contributed by atoms with Crippen LogP contribution in [0.2, 0.25) is 0 Å². The Hall–Kier alpha value is -1.76. The molecule has 1 aliphatic heterocycles. The molecule has 0 spiro atoms. The molecule has 0 aliphatic carbocycles. The van der Waals surface area contributed by atoms with Crippen LogP contribution in [0.1, 0.15) is 11.1 Å². The van der Waals surface area contributed by atoms with Gasteiger partial charge in [-0.15, -0.1) is 0 Å². The molecule has 3 rings (SSSR count). The number of nitrogens with zero attached hydrogens (tertiary/aromatic N) is 2. The van der Waals surface area contributed by atoms with Gasteiger partial charge in [0.25, 0.3) is 0 Å². The molecule has 2 aromatic rings. The summed E-state index contributed by atoms with van der Waals surface area (Å²) < 4.78 is 39.6. The number of hydrogen-bond donors (Lipinski definition) is 0. The van der Waals surface area contributed by atoms with E-state index in [0.29, 0.717) is 18.7 Å². The third-order valence-corrected chi connectivity index (χ3v) is 6.40. The van der Waals surface area contributed by atoms with Crippen molar-refractivity contribution < 1.29 is 12.8 Å². The van der Waals surface area contributed by atoms with Gasteiger partial charge in [0.1, 0.15) is 5.82 Å². The van der Waals surface area contributed by atoms with E-state index in [4.69, 9.17) is 0 Å². The maximum atomic E-state index is 12.9. The molecule has 0 unspecified atom stereocenters. The van der Waals surface area contributed by atoms with Crippen LogP contribution >= 0.6 is 0 Å². The van der Waals surface area contributed by atoms with Crippen molar-refractivity contribution in [3.63, 3.8) is 0 Å². The summed E-state index contributed by atoms with van der Waals surface area (Å²) >= 11 is 0. The van der Waals surface area contributed by atoms with Crippen LogP contribution in [0.25, 0.3) is 0 Å². The Balaban J connectivity index is 1.50. The first-order chi connectivity index (χ1) is 12.0. The molecule has 1 heterocycles. The van der Waals surface area contributed by atoms with Crippen molar-refractivity contribution in [3.05, 3.63) is 71.5 Å². The quantitative estimate of drug-likeness (QED) is 0.793. The summed E-state index contributed by atoms with van der Waals surface area (Å²) in [7, 11) is -3.36. The van der Waals surface area contributed by atoms with Gasteiger partial charge in [0.15, 0.2) is 0 Å². The zero-order chi connectivity index (χ0) is 17.7. The van der Waals surface area contributed by atoms with Crippen molar-refractivity contribution in [1.29, 1.82) is 0 Å². The van der Waals surface area contributed by atoms with Gasteiger partial charge in [-0.2, -0.15) is 4.31 Å². The average Bonchev–Trinajstić information content (AvgIpc) is 2.63. The molecular weight excluding hydrogens is 339 g/mol. The molecule has 0 radical (unpaired) electrons. The summed E-state index contributed by atoms with van der Waals surface area (Å²) in [5.41, 5.74) is 1.92. The van der Waals surface area contributed by atoms with Gasteiger partial charge in [-0.25, -0.2) is 12.8 Å². The van der Waals surface area contributed by atoms with Crippen LogP contribution in [0, 0.1) is 5.82 Å². The first-order valence-corrected chi connectivity index (χ1v) is 10.1. The van der Waals surface area contributed by atoms with Gasteiger partial charge in [-0.05, 0) is 29.7 Å². The Kier molecular flexibility index (Phi) is 5.83. The fraction of sp³-hybridized carbons (Fsp3) is 0.368. The SMILES string of the molecule is O=S(=O)(Cc1ccc(F)cc1)N1CCN(CCc2ccccc2)CC1. The Morgan fingerprint density at radius 2 is 1.48 bits per heavy atom. The lowest BCUT2D eigenvalue weighted by Gasteiger charge is -2.34. The normalized spacial score (nSPS) is 16.8. The highest BCUT2D eigenvalue weighted by atomic mass is 32.2. The summed E-state index contributed by atoms with van der Waals surface area (Å²) in [4.78, 5) is 2.30.